The SMILES string of the molecule is CC.CCn1cc(-c2ccc(-c3ccccc3)cc2)nn1. The van der Waals surface area contributed by atoms with Crippen LogP contribution in [0, 0.1) is 0 Å². The Morgan fingerprint density at radius 2 is 1.38 bits per heavy atom. The fourth-order valence-corrected chi connectivity index (χ4v) is 2.05. The smallest absolute Gasteiger partial charge is 0.113 e. The van der Waals surface area contributed by atoms with Gasteiger partial charge in [-0.1, -0.05) is 73.7 Å². The first-order valence-electron chi connectivity index (χ1n) is 7.43. The summed E-state index contributed by atoms with van der Waals surface area (Å²) in [4.78, 5) is 0. The third-order valence-electron chi connectivity index (χ3n) is 3.15. The molecule has 3 nitrogen and oxygen atoms in total. The zero-order valence-electron chi connectivity index (χ0n) is 12.8. The summed E-state index contributed by atoms with van der Waals surface area (Å²) in [5.74, 6) is 0. The van der Waals surface area contributed by atoms with Crippen LogP contribution >= 0.6 is 0 Å². The molecule has 0 saturated heterocycles. The summed E-state index contributed by atoms with van der Waals surface area (Å²) in [6.07, 6.45) is 1.97. The highest BCUT2D eigenvalue weighted by Crippen LogP contribution is 2.23. The molecule has 0 aliphatic carbocycles. The van der Waals surface area contributed by atoms with Gasteiger partial charge in [-0.3, -0.25) is 4.68 Å². The fraction of sp³-hybridized carbons (Fsp3) is 0.222. The van der Waals surface area contributed by atoms with Crippen molar-refractivity contribution in [1.82, 2.24) is 15.0 Å². The van der Waals surface area contributed by atoms with Crippen LogP contribution in [0.4, 0.5) is 0 Å². The van der Waals surface area contributed by atoms with E-state index in [-0.39, 0.29) is 0 Å². The molecule has 1 aromatic heterocycles. The quantitative estimate of drug-likeness (QED) is 0.698. The van der Waals surface area contributed by atoms with Gasteiger partial charge in [-0.25, -0.2) is 0 Å². The standard InChI is InChI=1S/C16H15N3.C2H6/c1-2-19-12-16(17-18-19)15-10-8-14(9-11-15)13-6-4-3-5-7-13;1-2/h3-12H,2H2,1H3;1-2H3. The van der Waals surface area contributed by atoms with Crippen LogP contribution in [-0.4, -0.2) is 15.0 Å². The van der Waals surface area contributed by atoms with Crippen molar-refractivity contribution in [3.63, 3.8) is 0 Å². The molecule has 0 spiro atoms. The summed E-state index contributed by atoms with van der Waals surface area (Å²) in [5.41, 5.74) is 4.46. The van der Waals surface area contributed by atoms with Crippen LogP contribution < -0.4 is 0 Å². The minimum absolute atomic E-state index is 0.842. The number of benzene rings is 2. The topological polar surface area (TPSA) is 30.7 Å². The highest BCUT2D eigenvalue weighted by molar-refractivity contribution is 5.68. The number of hydrogen-bond acceptors (Lipinski definition) is 2. The number of hydrogen-bond donors (Lipinski definition) is 0. The van der Waals surface area contributed by atoms with E-state index >= 15 is 0 Å². The van der Waals surface area contributed by atoms with E-state index in [0.29, 0.717) is 0 Å². The molecule has 2 aromatic carbocycles. The summed E-state index contributed by atoms with van der Waals surface area (Å²) in [6, 6.07) is 18.8. The van der Waals surface area contributed by atoms with Gasteiger partial charge in [0.1, 0.15) is 5.69 Å². The molecule has 0 unspecified atom stereocenters. The highest BCUT2D eigenvalue weighted by Gasteiger charge is 2.03. The first kappa shape index (κ1) is 15.0. The predicted octanol–water partition coefficient (Wildman–Crippen LogP) is 4.66. The van der Waals surface area contributed by atoms with Crippen LogP contribution in [0.25, 0.3) is 22.4 Å². The second-order valence-electron chi connectivity index (χ2n) is 4.40. The van der Waals surface area contributed by atoms with Gasteiger partial charge >= 0.3 is 0 Å². The number of nitrogens with zero attached hydrogens (tertiary/aromatic N) is 3. The Morgan fingerprint density at radius 3 is 1.95 bits per heavy atom. The second-order valence-corrected chi connectivity index (χ2v) is 4.40. The maximum Gasteiger partial charge on any atom is 0.113 e. The van der Waals surface area contributed by atoms with Crippen LogP contribution in [0.5, 0.6) is 0 Å². The van der Waals surface area contributed by atoms with Crippen LogP contribution in [-0.2, 0) is 6.54 Å². The lowest BCUT2D eigenvalue weighted by Gasteiger charge is -2.02. The minimum Gasteiger partial charge on any atom is -0.252 e. The normalized spacial score (nSPS) is 9.86. The zero-order chi connectivity index (χ0) is 15.1. The summed E-state index contributed by atoms with van der Waals surface area (Å²) in [6.45, 7) is 6.89. The Hall–Kier alpha value is -2.42. The van der Waals surface area contributed by atoms with Gasteiger partial charge in [-0.05, 0) is 18.1 Å². The zero-order valence-corrected chi connectivity index (χ0v) is 12.8. The lowest BCUT2D eigenvalue weighted by molar-refractivity contribution is 0.627. The highest BCUT2D eigenvalue weighted by atomic mass is 15.4. The molecule has 1 heterocycles. The lowest BCUT2D eigenvalue weighted by atomic mass is 10.0. The Morgan fingerprint density at radius 1 is 0.810 bits per heavy atom. The van der Waals surface area contributed by atoms with E-state index in [1.54, 1.807) is 0 Å². The van der Waals surface area contributed by atoms with Crippen molar-refractivity contribution >= 4 is 0 Å². The molecule has 0 aliphatic heterocycles. The van der Waals surface area contributed by atoms with Gasteiger partial charge < -0.3 is 0 Å². The van der Waals surface area contributed by atoms with E-state index in [1.165, 1.54) is 11.1 Å². The molecule has 0 radical (unpaired) electrons. The van der Waals surface area contributed by atoms with E-state index < -0.39 is 0 Å². The van der Waals surface area contributed by atoms with E-state index in [9.17, 15) is 0 Å². The van der Waals surface area contributed by atoms with Crippen LogP contribution in [0.2, 0.25) is 0 Å². The average molecular weight is 279 g/mol. The molecule has 3 rings (SSSR count). The first-order chi connectivity index (χ1) is 10.4. The molecule has 21 heavy (non-hydrogen) atoms. The third-order valence-corrected chi connectivity index (χ3v) is 3.15. The van der Waals surface area contributed by atoms with Crippen molar-refractivity contribution in [3.05, 3.63) is 60.8 Å². The molecule has 108 valence electrons. The van der Waals surface area contributed by atoms with Gasteiger partial charge in [-0.2, -0.15) is 0 Å². The molecular formula is C18H21N3. The molecule has 0 saturated carbocycles. The number of rotatable bonds is 3. The van der Waals surface area contributed by atoms with Crippen molar-refractivity contribution in [3.8, 4) is 22.4 Å². The van der Waals surface area contributed by atoms with Crippen molar-refractivity contribution in [1.29, 1.82) is 0 Å². The van der Waals surface area contributed by atoms with Crippen molar-refractivity contribution < 1.29 is 0 Å². The van der Waals surface area contributed by atoms with Crippen LogP contribution in [0.1, 0.15) is 20.8 Å². The van der Waals surface area contributed by atoms with E-state index in [4.69, 9.17) is 0 Å². The van der Waals surface area contributed by atoms with Gasteiger partial charge in [0.05, 0.1) is 6.20 Å². The summed E-state index contributed by atoms with van der Waals surface area (Å²) in [7, 11) is 0. The fourth-order valence-electron chi connectivity index (χ4n) is 2.05. The minimum atomic E-state index is 0.842. The molecule has 3 heteroatoms. The van der Waals surface area contributed by atoms with Crippen molar-refractivity contribution in [2.24, 2.45) is 0 Å². The molecule has 0 aliphatic rings. The first-order valence-corrected chi connectivity index (χ1v) is 7.43. The molecule has 0 N–H and O–H groups in total. The number of aromatic nitrogens is 3. The molecule has 3 aromatic rings. The molecule has 0 amide bonds. The summed E-state index contributed by atoms with van der Waals surface area (Å²) >= 11 is 0. The maximum absolute atomic E-state index is 4.17. The molecule has 0 atom stereocenters. The molecule has 0 bridgehead atoms. The average Bonchev–Trinajstić information content (AvgIpc) is 3.07. The Kier molecular flexibility index (Phi) is 5.27. The molecular weight excluding hydrogens is 258 g/mol. The van der Waals surface area contributed by atoms with E-state index in [1.807, 2.05) is 30.8 Å². The Bertz CT molecular complexity index is 654. The number of aryl methyl sites for hydroxylation is 1. The third kappa shape index (κ3) is 3.57. The summed E-state index contributed by atoms with van der Waals surface area (Å²) in [5, 5.41) is 8.23. The molecule has 0 fully saturated rings. The van der Waals surface area contributed by atoms with Crippen LogP contribution in [0.3, 0.4) is 0 Å². The van der Waals surface area contributed by atoms with Crippen molar-refractivity contribution in [2.45, 2.75) is 27.3 Å². The monoisotopic (exact) mass is 279 g/mol. The second kappa shape index (κ2) is 7.39. The van der Waals surface area contributed by atoms with E-state index in [2.05, 4.69) is 65.8 Å². The maximum atomic E-state index is 4.17. The van der Waals surface area contributed by atoms with Gasteiger partial charge in [-0.15, -0.1) is 5.10 Å². The van der Waals surface area contributed by atoms with Crippen molar-refractivity contribution in [2.75, 3.05) is 0 Å². The summed E-state index contributed by atoms with van der Waals surface area (Å²) < 4.78 is 1.83. The van der Waals surface area contributed by atoms with E-state index in [0.717, 1.165) is 17.8 Å². The predicted molar refractivity (Wildman–Crippen MR) is 87.9 cm³/mol. The Labute approximate surface area is 126 Å². The van der Waals surface area contributed by atoms with Crippen LogP contribution in [0.15, 0.2) is 60.8 Å². The van der Waals surface area contributed by atoms with Gasteiger partial charge in [0.15, 0.2) is 0 Å². The van der Waals surface area contributed by atoms with Gasteiger partial charge in [0, 0.05) is 12.1 Å². The Balaban J connectivity index is 0.000000774. The van der Waals surface area contributed by atoms with Gasteiger partial charge in [0.25, 0.3) is 0 Å². The lowest BCUT2D eigenvalue weighted by Crippen LogP contribution is -1.93. The van der Waals surface area contributed by atoms with Gasteiger partial charge in [0.2, 0.25) is 0 Å². The largest absolute Gasteiger partial charge is 0.252 e.